The summed E-state index contributed by atoms with van der Waals surface area (Å²) in [5, 5.41) is 7.38. The predicted molar refractivity (Wildman–Crippen MR) is 134 cm³/mol. The number of nitrogens with one attached hydrogen (secondary N) is 3. The molecule has 1 amide bonds. The minimum Gasteiger partial charge on any atom is -0.494 e. The highest BCUT2D eigenvalue weighted by molar-refractivity contribution is 5.97. The van der Waals surface area contributed by atoms with Crippen LogP contribution in [-0.2, 0) is 4.74 Å². The quantitative estimate of drug-likeness (QED) is 0.321. The number of hydrogen-bond donors (Lipinski definition) is 3. The van der Waals surface area contributed by atoms with Crippen molar-refractivity contribution in [1.29, 1.82) is 0 Å². The second kappa shape index (κ2) is 12.4. The molecule has 0 aliphatic carbocycles. The Morgan fingerprint density at radius 3 is 2.88 bits per heavy atom. The summed E-state index contributed by atoms with van der Waals surface area (Å²) < 4.78 is 17.9. The van der Waals surface area contributed by atoms with Gasteiger partial charge in [-0.3, -0.25) is 4.79 Å². The van der Waals surface area contributed by atoms with Crippen LogP contribution in [0.5, 0.6) is 11.5 Å². The standard InChI is InChI=1S/C27H35N3O4/c1-2-12-28-14-17-34-26-11-16-33-25-10-9-21(19-22(25)26)32-15-6-5-13-29-27(31)24-18-20-7-3-4-8-23(20)30-24/h3-4,7-10,18-19,26,28,30H,2,5-6,11-17H2,1H3,(H,29,31)/t26-/m0/s1. The van der Waals surface area contributed by atoms with Gasteiger partial charge in [0.1, 0.15) is 17.2 Å². The van der Waals surface area contributed by atoms with Gasteiger partial charge in [0.05, 0.1) is 25.9 Å². The number of hydrogen-bond acceptors (Lipinski definition) is 5. The summed E-state index contributed by atoms with van der Waals surface area (Å²) in [4.78, 5) is 15.5. The van der Waals surface area contributed by atoms with Gasteiger partial charge in [-0.05, 0) is 56.1 Å². The molecule has 4 rings (SSSR count). The van der Waals surface area contributed by atoms with Crippen molar-refractivity contribution < 1.29 is 19.0 Å². The maximum Gasteiger partial charge on any atom is 0.267 e. The molecule has 3 aromatic rings. The third-order valence-electron chi connectivity index (χ3n) is 5.89. The fraction of sp³-hybridized carbons (Fsp3) is 0.444. The maximum atomic E-state index is 12.4. The van der Waals surface area contributed by atoms with Crippen molar-refractivity contribution >= 4 is 16.8 Å². The molecule has 2 aromatic carbocycles. The summed E-state index contributed by atoms with van der Waals surface area (Å²) in [6.07, 6.45) is 3.70. The zero-order valence-electron chi connectivity index (χ0n) is 19.9. The van der Waals surface area contributed by atoms with Crippen molar-refractivity contribution in [2.75, 3.05) is 39.5 Å². The lowest BCUT2D eigenvalue weighted by Crippen LogP contribution is -2.25. The monoisotopic (exact) mass is 465 g/mol. The summed E-state index contributed by atoms with van der Waals surface area (Å²) in [6, 6.07) is 15.7. The van der Waals surface area contributed by atoms with Crippen molar-refractivity contribution in [1.82, 2.24) is 15.6 Å². The minimum atomic E-state index is -0.0808. The largest absolute Gasteiger partial charge is 0.494 e. The molecule has 0 fully saturated rings. The van der Waals surface area contributed by atoms with E-state index in [1.807, 2.05) is 48.5 Å². The number of aromatic nitrogens is 1. The van der Waals surface area contributed by atoms with E-state index >= 15 is 0 Å². The highest BCUT2D eigenvalue weighted by Crippen LogP contribution is 2.36. The molecule has 0 radical (unpaired) electrons. The molecule has 7 nitrogen and oxygen atoms in total. The van der Waals surface area contributed by atoms with Gasteiger partial charge in [0, 0.05) is 36.0 Å². The van der Waals surface area contributed by atoms with Gasteiger partial charge in [-0.25, -0.2) is 0 Å². The molecule has 1 aliphatic heterocycles. The lowest BCUT2D eigenvalue weighted by molar-refractivity contribution is 0.0256. The Bertz CT molecular complexity index is 1030. The molecule has 182 valence electrons. The fourth-order valence-electron chi connectivity index (χ4n) is 4.09. The average molecular weight is 466 g/mol. The van der Waals surface area contributed by atoms with E-state index in [0.717, 1.165) is 66.7 Å². The van der Waals surface area contributed by atoms with Crippen LogP contribution in [0, 0.1) is 0 Å². The van der Waals surface area contributed by atoms with Gasteiger partial charge < -0.3 is 29.8 Å². The number of carbonyl (C=O) groups is 1. The van der Waals surface area contributed by atoms with Crippen LogP contribution in [0.4, 0.5) is 0 Å². The molecule has 1 atom stereocenters. The van der Waals surface area contributed by atoms with Gasteiger partial charge >= 0.3 is 0 Å². The van der Waals surface area contributed by atoms with Crippen LogP contribution < -0.4 is 20.1 Å². The summed E-state index contributed by atoms with van der Waals surface area (Å²) in [5.74, 6) is 1.62. The van der Waals surface area contributed by atoms with Crippen LogP contribution in [0.2, 0.25) is 0 Å². The van der Waals surface area contributed by atoms with E-state index < -0.39 is 0 Å². The van der Waals surface area contributed by atoms with E-state index in [-0.39, 0.29) is 12.0 Å². The fourth-order valence-corrected chi connectivity index (χ4v) is 4.09. The molecule has 2 heterocycles. The van der Waals surface area contributed by atoms with E-state index in [2.05, 4.69) is 22.5 Å². The van der Waals surface area contributed by atoms with E-state index in [0.29, 0.717) is 32.1 Å². The lowest BCUT2D eigenvalue weighted by Gasteiger charge is -2.26. The van der Waals surface area contributed by atoms with E-state index in [4.69, 9.17) is 14.2 Å². The Hall–Kier alpha value is -3.03. The highest BCUT2D eigenvalue weighted by Gasteiger charge is 2.22. The number of H-pyrrole nitrogens is 1. The van der Waals surface area contributed by atoms with Gasteiger partial charge in [-0.15, -0.1) is 0 Å². The second-order valence-corrected chi connectivity index (χ2v) is 8.53. The summed E-state index contributed by atoms with van der Waals surface area (Å²) in [6.45, 7) is 6.58. The first-order chi connectivity index (χ1) is 16.7. The molecule has 0 spiro atoms. The average Bonchev–Trinajstić information content (AvgIpc) is 3.30. The summed E-state index contributed by atoms with van der Waals surface area (Å²) >= 11 is 0. The minimum absolute atomic E-state index is 0.0376. The number of carbonyl (C=O) groups excluding carboxylic acids is 1. The number of rotatable bonds is 13. The third kappa shape index (κ3) is 6.52. The first kappa shape index (κ1) is 24.1. The van der Waals surface area contributed by atoms with Crippen LogP contribution in [-0.4, -0.2) is 50.3 Å². The van der Waals surface area contributed by atoms with E-state index in [9.17, 15) is 4.79 Å². The number of aromatic amines is 1. The maximum absolute atomic E-state index is 12.4. The van der Waals surface area contributed by atoms with Crippen LogP contribution in [0.25, 0.3) is 10.9 Å². The molecule has 0 saturated heterocycles. The Morgan fingerprint density at radius 1 is 1.09 bits per heavy atom. The Labute approximate surface area is 201 Å². The topological polar surface area (TPSA) is 84.6 Å². The van der Waals surface area contributed by atoms with Crippen molar-refractivity contribution in [3.8, 4) is 11.5 Å². The van der Waals surface area contributed by atoms with Crippen LogP contribution in [0.3, 0.4) is 0 Å². The van der Waals surface area contributed by atoms with Crippen molar-refractivity contribution in [3.05, 3.63) is 59.8 Å². The smallest absolute Gasteiger partial charge is 0.267 e. The van der Waals surface area contributed by atoms with Crippen LogP contribution in [0.15, 0.2) is 48.5 Å². The van der Waals surface area contributed by atoms with Crippen LogP contribution in [0.1, 0.15) is 54.8 Å². The number of ether oxygens (including phenoxy) is 3. The van der Waals surface area contributed by atoms with Gasteiger partial charge in [-0.2, -0.15) is 0 Å². The molecule has 0 bridgehead atoms. The van der Waals surface area contributed by atoms with E-state index in [1.165, 1.54) is 0 Å². The van der Waals surface area contributed by atoms with Gasteiger partial charge in [0.15, 0.2) is 0 Å². The predicted octanol–water partition coefficient (Wildman–Crippen LogP) is 4.60. The molecular weight excluding hydrogens is 430 g/mol. The molecule has 7 heteroatoms. The molecule has 1 aliphatic rings. The Morgan fingerprint density at radius 2 is 2.00 bits per heavy atom. The van der Waals surface area contributed by atoms with E-state index in [1.54, 1.807) is 0 Å². The number of amides is 1. The normalized spacial score (nSPS) is 15.0. The summed E-state index contributed by atoms with van der Waals surface area (Å²) in [7, 11) is 0. The Kier molecular flexibility index (Phi) is 8.82. The molecule has 0 unspecified atom stereocenters. The van der Waals surface area contributed by atoms with Crippen molar-refractivity contribution in [2.24, 2.45) is 0 Å². The zero-order valence-corrected chi connectivity index (χ0v) is 19.9. The Balaban J connectivity index is 1.17. The SMILES string of the molecule is CCCNCCO[C@H]1CCOc2ccc(OCCCCNC(=O)c3cc4ccccc4[nH]3)cc21. The summed E-state index contributed by atoms with van der Waals surface area (Å²) in [5.41, 5.74) is 2.62. The number of fused-ring (bicyclic) bond motifs is 2. The van der Waals surface area contributed by atoms with Crippen LogP contribution >= 0.6 is 0 Å². The van der Waals surface area contributed by atoms with Gasteiger partial charge in [0.2, 0.25) is 0 Å². The number of unbranched alkanes of at least 4 members (excludes halogenated alkanes) is 1. The first-order valence-corrected chi connectivity index (χ1v) is 12.3. The molecule has 1 aromatic heterocycles. The zero-order chi connectivity index (χ0) is 23.6. The molecule has 34 heavy (non-hydrogen) atoms. The third-order valence-corrected chi connectivity index (χ3v) is 5.89. The molecular formula is C27H35N3O4. The van der Waals surface area contributed by atoms with Gasteiger partial charge in [0.25, 0.3) is 5.91 Å². The molecule has 3 N–H and O–H groups in total. The lowest BCUT2D eigenvalue weighted by atomic mass is 10.0. The van der Waals surface area contributed by atoms with Crippen molar-refractivity contribution in [3.63, 3.8) is 0 Å². The first-order valence-electron chi connectivity index (χ1n) is 12.3. The second-order valence-electron chi connectivity index (χ2n) is 8.53. The number of benzene rings is 2. The number of para-hydroxylation sites is 1. The molecule has 0 saturated carbocycles. The highest BCUT2D eigenvalue weighted by atomic mass is 16.5. The van der Waals surface area contributed by atoms with Gasteiger partial charge in [-0.1, -0.05) is 25.1 Å². The van der Waals surface area contributed by atoms with Crippen molar-refractivity contribution in [2.45, 2.75) is 38.7 Å².